The van der Waals surface area contributed by atoms with E-state index in [4.69, 9.17) is 0 Å². The average molecular weight is 353 g/mol. The smallest absolute Gasteiger partial charge is 0.107 e. The predicted molar refractivity (Wildman–Crippen MR) is 111 cm³/mol. The first kappa shape index (κ1) is 16.3. The molecule has 4 aromatic rings. The van der Waals surface area contributed by atoms with Gasteiger partial charge in [-0.3, -0.25) is 0 Å². The maximum atomic E-state index is 3.67. The molecule has 1 aliphatic heterocycles. The van der Waals surface area contributed by atoms with Crippen LogP contribution in [0, 0.1) is 0 Å². The second kappa shape index (κ2) is 6.71. The summed E-state index contributed by atoms with van der Waals surface area (Å²) in [6, 6.07) is 30.7. The summed E-state index contributed by atoms with van der Waals surface area (Å²) >= 11 is 0. The molecule has 0 atom stereocenters. The zero-order valence-electron chi connectivity index (χ0n) is 15.6. The predicted octanol–water partition coefficient (Wildman–Crippen LogP) is 5.44. The number of H-pyrrole nitrogens is 1. The Bertz CT molecular complexity index is 1010. The van der Waals surface area contributed by atoms with Crippen molar-refractivity contribution in [1.29, 1.82) is 0 Å². The average Bonchev–Trinajstić information content (AvgIpc) is 3.07. The van der Waals surface area contributed by atoms with Crippen molar-refractivity contribution in [2.45, 2.75) is 26.1 Å². The Morgan fingerprint density at radius 3 is 1.96 bits per heavy atom. The first-order chi connectivity index (χ1) is 13.3. The molecule has 2 nitrogen and oxygen atoms in total. The maximum absolute atomic E-state index is 3.67. The van der Waals surface area contributed by atoms with E-state index in [9.17, 15) is 0 Å². The summed E-state index contributed by atoms with van der Waals surface area (Å²) in [5.41, 5.74) is 7.09. The number of nitrogens with zero attached hydrogens (tertiary/aromatic N) is 1. The first-order valence-corrected chi connectivity index (χ1v) is 9.83. The van der Waals surface area contributed by atoms with Gasteiger partial charge in [-0.1, -0.05) is 78.9 Å². The molecule has 0 radical (unpaired) electrons. The Labute approximate surface area is 160 Å². The lowest BCUT2D eigenvalue weighted by atomic mass is 9.99. The van der Waals surface area contributed by atoms with Gasteiger partial charge < -0.3 is 9.47 Å². The molecule has 0 fully saturated rings. The highest BCUT2D eigenvalue weighted by Crippen LogP contribution is 2.34. The summed E-state index contributed by atoms with van der Waals surface area (Å²) < 4.78 is 1.09. The molecule has 0 spiro atoms. The largest absolute Gasteiger partial charge is 0.358 e. The van der Waals surface area contributed by atoms with Crippen LogP contribution in [0.25, 0.3) is 10.9 Å². The van der Waals surface area contributed by atoms with Crippen molar-refractivity contribution in [2.75, 3.05) is 6.54 Å². The molecular weight excluding hydrogens is 328 g/mol. The van der Waals surface area contributed by atoms with Crippen LogP contribution in [0.5, 0.6) is 0 Å². The molecule has 27 heavy (non-hydrogen) atoms. The van der Waals surface area contributed by atoms with Crippen LogP contribution in [0.4, 0.5) is 0 Å². The zero-order chi connectivity index (χ0) is 18.1. The number of quaternary nitrogens is 1. The van der Waals surface area contributed by atoms with E-state index in [1.807, 2.05) is 0 Å². The number of rotatable bonds is 4. The van der Waals surface area contributed by atoms with Gasteiger partial charge >= 0.3 is 0 Å². The van der Waals surface area contributed by atoms with Crippen LogP contribution >= 0.6 is 0 Å². The maximum Gasteiger partial charge on any atom is 0.107 e. The molecule has 0 saturated heterocycles. The fourth-order valence-corrected chi connectivity index (χ4v) is 4.68. The Hall–Kier alpha value is -2.84. The molecule has 5 rings (SSSR count). The lowest BCUT2D eigenvalue weighted by Crippen LogP contribution is -2.49. The van der Waals surface area contributed by atoms with E-state index in [-0.39, 0.29) is 0 Å². The number of hydrogen-bond acceptors (Lipinski definition) is 0. The number of nitrogens with one attached hydrogen (secondary N) is 1. The fourth-order valence-electron chi connectivity index (χ4n) is 4.68. The quantitative estimate of drug-likeness (QED) is 0.470. The van der Waals surface area contributed by atoms with Gasteiger partial charge in [-0.15, -0.1) is 0 Å². The minimum atomic E-state index is 1.08. The molecule has 134 valence electrons. The molecule has 0 aliphatic carbocycles. The molecule has 2 heterocycles. The minimum Gasteiger partial charge on any atom is -0.358 e. The minimum absolute atomic E-state index is 1.08. The van der Waals surface area contributed by atoms with Crippen LogP contribution in [0.15, 0.2) is 84.9 Å². The van der Waals surface area contributed by atoms with E-state index >= 15 is 0 Å². The van der Waals surface area contributed by atoms with Crippen molar-refractivity contribution in [1.82, 2.24) is 4.98 Å². The monoisotopic (exact) mass is 353 g/mol. The third-order valence-corrected chi connectivity index (χ3v) is 5.95. The molecule has 1 aliphatic rings. The van der Waals surface area contributed by atoms with Crippen LogP contribution in [0.3, 0.4) is 0 Å². The van der Waals surface area contributed by atoms with Gasteiger partial charge in [0.15, 0.2) is 0 Å². The number of aromatic nitrogens is 1. The standard InChI is InChI=1S/C25H25N2/c1-3-9-20(10-4-1)17-27(18-21-11-5-2-6-12-21)16-15-25-23(19-27)22-13-7-8-14-24(22)26-25/h1-14,26H,15-19H2/q+1. The van der Waals surface area contributed by atoms with Crippen molar-refractivity contribution < 1.29 is 4.48 Å². The van der Waals surface area contributed by atoms with Crippen LogP contribution in [-0.2, 0) is 26.1 Å². The zero-order valence-corrected chi connectivity index (χ0v) is 15.6. The Morgan fingerprint density at radius 1 is 0.704 bits per heavy atom. The molecule has 0 bridgehead atoms. The molecule has 2 heteroatoms. The van der Waals surface area contributed by atoms with Gasteiger partial charge in [0, 0.05) is 39.7 Å². The van der Waals surface area contributed by atoms with E-state index in [1.54, 1.807) is 0 Å². The van der Waals surface area contributed by atoms with Crippen LogP contribution in [0.1, 0.15) is 22.4 Å². The lowest BCUT2D eigenvalue weighted by molar-refractivity contribution is -0.967. The number of benzene rings is 3. The molecular formula is C25H25N2+. The fraction of sp³-hybridized carbons (Fsp3) is 0.200. The third kappa shape index (κ3) is 3.17. The first-order valence-electron chi connectivity index (χ1n) is 9.83. The highest BCUT2D eigenvalue weighted by Gasteiger charge is 2.35. The summed E-state index contributed by atoms with van der Waals surface area (Å²) in [5, 5.41) is 1.40. The molecule has 0 amide bonds. The summed E-state index contributed by atoms with van der Waals surface area (Å²) in [6.45, 7) is 4.41. The number of aromatic amines is 1. The summed E-state index contributed by atoms with van der Waals surface area (Å²) in [7, 11) is 0. The van der Waals surface area contributed by atoms with Crippen molar-refractivity contribution in [3.8, 4) is 0 Å². The van der Waals surface area contributed by atoms with Gasteiger partial charge in [-0.2, -0.15) is 0 Å². The summed E-state index contributed by atoms with van der Waals surface area (Å²) in [6.07, 6.45) is 1.11. The topological polar surface area (TPSA) is 15.8 Å². The van der Waals surface area contributed by atoms with Gasteiger partial charge in [-0.05, 0) is 6.07 Å². The Morgan fingerprint density at radius 2 is 1.30 bits per heavy atom. The van der Waals surface area contributed by atoms with E-state index < -0.39 is 0 Å². The van der Waals surface area contributed by atoms with Crippen LogP contribution < -0.4 is 0 Å². The highest BCUT2D eigenvalue weighted by molar-refractivity contribution is 5.84. The molecule has 0 saturated carbocycles. The van der Waals surface area contributed by atoms with Crippen molar-refractivity contribution in [3.63, 3.8) is 0 Å². The SMILES string of the molecule is c1ccc(C[N+]2(Cc3ccccc3)CCc3[nH]c4ccccc4c3C2)cc1. The van der Waals surface area contributed by atoms with E-state index in [2.05, 4.69) is 89.9 Å². The van der Waals surface area contributed by atoms with E-state index in [0.717, 1.165) is 30.5 Å². The number of hydrogen-bond donors (Lipinski definition) is 1. The second-order valence-electron chi connectivity index (χ2n) is 7.89. The molecule has 3 aromatic carbocycles. The number of para-hydroxylation sites is 1. The van der Waals surface area contributed by atoms with Gasteiger partial charge in [0.25, 0.3) is 0 Å². The van der Waals surface area contributed by atoms with Crippen molar-refractivity contribution in [3.05, 3.63) is 107 Å². The second-order valence-corrected chi connectivity index (χ2v) is 7.89. The summed E-state index contributed by atoms with van der Waals surface area (Å²) in [5.74, 6) is 0. The lowest BCUT2D eigenvalue weighted by Gasteiger charge is -2.42. The van der Waals surface area contributed by atoms with Crippen molar-refractivity contribution in [2.24, 2.45) is 0 Å². The summed E-state index contributed by atoms with van der Waals surface area (Å²) in [4.78, 5) is 3.67. The van der Waals surface area contributed by atoms with Crippen molar-refractivity contribution >= 4 is 10.9 Å². The van der Waals surface area contributed by atoms with E-state index in [1.165, 1.54) is 39.8 Å². The Kier molecular flexibility index (Phi) is 4.06. The third-order valence-electron chi connectivity index (χ3n) is 5.95. The van der Waals surface area contributed by atoms with Gasteiger partial charge in [0.2, 0.25) is 0 Å². The van der Waals surface area contributed by atoms with Crippen LogP contribution in [0.2, 0.25) is 0 Å². The van der Waals surface area contributed by atoms with Gasteiger partial charge in [-0.25, -0.2) is 0 Å². The Balaban J connectivity index is 1.56. The number of fused-ring (bicyclic) bond motifs is 3. The molecule has 0 unspecified atom stereocenters. The highest BCUT2D eigenvalue weighted by atomic mass is 15.4. The molecule has 1 N–H and O–H groups in total. The molecule has 1 aromatic heterocycles. The van der Waals surface area contributed by atoms with Crippen LogP contribution in [-0.4, -0.2) is 16.0 Å². The van der Waals surface area contributed by atoms with Gasteiger partial charge in [0.1, 0.15) is 19.6 Å². The van der Waals surface area contributed by atoms with E-state index in [0.29, 0.717) is 0 Å². The van der Waals surface area contributed by atoms with Gasteiger partial charge in [0.05, 0.1) is 6.54 Å². The normalized spacial score (nSPS) is 15.6.